The Bertz CT molecular complexity index is 391. The van der Waals surface area contributed by atoms with E-state index in [0.717, 1.165) is 25.4 Å². The fraction of sp³-hybridized carbons (Fsp3) is 0.538. The molecule has 1 saturated heterocycles. The maximum atomic E-state index is 10.8. The van der Waals surface area contributed by atoms with E-state index >= 15 is 0 Å². The van der Waals surface area contributed by atoms with Crippen LogP contribution in [0, 0.1) is 5.92 Å². The van der Waals surface area contributed by atoms with Crippen molar-refractivity contribution in [2.45, 2.75) is 19.3 Å². The predicted molar refractivity (Wildman–Crippen MR) is 75.7 cm³/mol. The van der Waals surface area contributed by atoms with Crippen molar-refractivity contribution in [3.05, 3.63) is 24.0 Å². The van der Waals surface area contributed by atoms with Gasteiger partial charge in [0.1, 0.15) is 11.4 Å². The number of carbonyl (C=O) groups excluding carboxylic acids is 1. The van der Waals surface area contributed by atoms with Crippen LogP contribution in [0.2, 0.25) is 0 Å². The highest BCUT2D eigenvalue weighted by atomic mass is 35.5. The van der Waals surface area contributed by atoms with Gasteiger partial charge in [0.25, 0.3) is 5.91 Å². The quantitative estimate of drug-likeness (QED) is 0.857. The molecule has 3 N–H and O–H groups in total. The Morgan fingerprint density at radius 1 is 1.42 bits per heavy atom. The van der Waals surface area contributed by atoms with Gasteiger partial charge in [-0.1, -0.05) is 0 Å². The zero-order valence-corrected chi connectivity index (χ0v) is 11.6. The molecule has 0 atom stereocenters. The van der Waals surface area contributed by atoms with Gasteiger partial charge in [-0.15, -0.1) is 12.4 Å². The maximum absolute atomic E-state index is 10.8. The molecule has 1 aromatic heterocycles. The molecule has 0 bridgehead atoms. The summed E-state index contributed by atoms with van der Waals surface area (Å²) in [6.07, 6.45) is 5.06. The first-order valence-corrected chi connectivity index (χ1v) is 6.35. The summed E-state index contributed by atoms with van der Waals surface area (Å²) in [5.74, 6) is 0.925. The topological polar surface area (TPSA) is 77.2 Å². The van der Waals surface area contributed by atoms with Crippen molar-refractivity contribution in [3.63, 3.8) is 0 Å². The lowest BCUT2D eigenvalue weighted by Crippen LogP contribution is -2.28. The van der Waals surface area contributed by atoms with E-state index < -0.39 is 5.91 Å². The molecule has 1 amide bonds. The number of hydrogen-bond donors (Lipinski definition) is 2. The third-order valence-electron chi connectivity index (χ3n) is 3.24. The number of nitrogens with two attached hydrogens (primary N) is 1. The van der Waals surface area contributed by atoms with Crippen molar-refractivity contribution in [3.8, 4) is 5.75 Å². The van der Waals surface area contributed by atoms with Gasteiger partial charge in [0.05, 0.1) is 12.8 Å². The normalized spacial score (nSPS) is 15.6. The number of rotatable bonds is 5. The maximum Gasteiger partial charge on any atom is 0.267 e. The Labute approximate surface area is 119 Å². The summed E-state index contributed by atoms with van der Waals surface area (Å²) in [6, 6.07) is 3.32. The summed E-state index contributed by atoms with van der Waals surface area (Å²) in [5, 5.41) is 3.35. The van der Waals surface area contributed by atoms with Crippen LogP contribution in [0.25, 0.3) is 0 Å². The van der Waals surface area contributed by atoms with E-state index in [1.165, 1.54) is 12.8 Å². The summed E-state index contributed by atoms with van der Waals surface area (Å²) in [5.41, 5.74) is 5.38. The smallest absolute Gasteiger partial charge is 0.267 e. The number of aromatic nitrogens is 1. The van der Waals surface area contributed by atoms with E-state index in [-0.39, 0.29) is 18.1 Å². The van der Waals surface area contributed by atoms with Gasteiger partial charge < -0.3 is 15.8 Å². The van der Waals surface area contributed by atoms with Crippen LogP contribution in [-0.4, -0.2) is 30.6 Å². The number of hydrogen-bond acceptors (Lipinski definition) is 4. The third kappa shape index (κ3) is 5.04. The van der Waals surface area contributed by atoms with Crippen molar-refractivity contribution >= 4 is 18.3 Å². The van der Waals surface area contributed by atoms with Crippen LogP contribution in [-0.2, 0) is 0 Å². The van der Waals surface area contributed by atoms with Gasteiger partial charge in [-0.2, -0.15) is 0 Å². The second-order valence-electron chi connectivity index (χ2n) is 4.57. The Morgan fingerprint density at radius 2 is 2.16 bits per heavy atom. The molecule has 0 saturated carbocycles. The lowest BCUT2D eigenvalue weighted by Gasteiger charge is -2.22. The highest BCUT2D eigenvalue weighted by Crippen LogP contribution is 2.17. The van der Waals surface area contributed by atoms with Crippen LogP contribution in [0.15, 0.2) is 18.3 Å². The largest absolute Gasteiger partial charge is 0.492 e. The molecule has 0 aliphatic carbocycles. The number of primary amides is 1. The Hall–Kier alpha value is -1.33. The molecular weight excluding hydrogens is 266 g/mol. The monoisotopic (exact) mass is 285 g/mol. The predicted octanol–water partition coefficient (Wildman–Crippen LogP) is 1.37. The fourth-order valence-electron chi connectivity index (χ4n) is 2.13. The summed E-state index contributed by atoms with van der Waals surface area (Å²) in [4.78, 5) is 14.8. The molecule has 0 unspecified atom stereocenters. The van der Waals surface area contributed by atoms with E-state index in [2.05, 4.69) is 10.3 Å². The molecule has 1 aliphatic heterocycles. The molecule has 2 rings (SSSR count). The van der Waals surface area contributed by atoms with Crippen LogP contribution in [0.5, 0.6) is 5.75 Å². The summed E-state index contributed by atoms with van der Waals surface area (Å²) < 4.78 is 5.61. The van der Waals surface area contributed by atoms with Crippen molar-refractivity contribution in [2.24, 2.45) is 11.7 Å². The van der Waals surface area contributed by atoms with Gasteiger partial charge in [0.2, 0.25) is 0 Å². The van der Waals surface area contributed by atoms with Crippen LogP contribution in [0.3, 0.4) is 0 Å². The Balaban J connectivity index is 0.00000180. The van der Waals surface area contributed by atoms with Crippen molar-refractivity contribution in [1.82, 2.24) is 10.3 Å². The van der Waals surface area contributed by atoms with Crippen molar-refractivity contribution in [2.75, 3.05) is 19.7 Å². The van der Waals surface area contributed by atoms with E-state index in [0.29, 0.717) is 12.4 Å². The first-order chi connectivity index (χ1) is 8.75. The lowest BCUT2D eigenvalue weighted by molar-refractivity contribution is 0.0995. The van der Waals surface area contributed by atoms with Gasteiger partial charge >= 0.3 is 0 Å². The molecule has 106 valence electrons. The van der Waals surface area contributed by atoms with E-state index in [1.807, 2.05) is 0 Å². The molecule has 5 nitrogen and oxygen atoms in total. The summed E-state index contributed by atoms with van der Waals surface area (Å²) in [7, 11) is 0. The van der Waals surface area contributed by atoms with E-state index in [4.69, 9.17) is 10.5 Å². The third-order valence-corrected chi connectivity index (χ3v) is 3.24. The Kier molecular flexibility index (Phi) is 6.59. The minimum absolute atomic E-state index is 0. The minimum atomic E-state index is -0.517. The molecule has 0 aromatic carbocycles. The average molecular weight is 286 g/mol. The SMILES string of the molecule is Cl.NC(=O)c1ccc(OCCC2CCNCC2)cn1. The highest BCUT2D eigenvalue weighted by Gasteiger charge is 2.12. The number of piperidine rings is 1. The summed E-state index contributed by atoms with van der Waals surface area (Å²) >= 11 is 0. The minimum Gasteiger partial charge on any atom is -0.492 e. The highest BCUT2D eigenvalue weighted by molar-refractivity contribution is 5.90. The number of nitrogens with zero attached hydrogens (tertiary/aromatic N) is 1. The molecule has 1 aliphatic rings. The molecule has 6 heteroatoms. The molecule has 2 heterocycles. The number of pyridine rings is 1. The van der Waals surface area contributed by atoms with Gasteiger partial charge in [-0.05, 0) is 50.4 Å². The zero-order valence-electron chi connectivity index (χ0n) is 10.8. The van der Waals surface area contributed by atoms with Crippen LogP contribution < -0.4 is 15.8 Å². The molecule has 1 aromatic rings. The second kappa shape index (κ2) is 7.96. The van der Waals surface area contributed by atoms with E-state index in [1.54, 1.807) is 18.3 Å². The first kappa shape index (κ1) is 15.7. The second-order valence-corrected chi connectivity index (χ2v) is 4.57. The standard InChI is InChI=1S/C13H19N3O2.ClH/c14-13(17)12-2-1-11(9-16-12)18-8-5-10-3-6-15-7-4-10;/h1-2,9-10,15H,3-8H2,(H2,14,17);1H. The van der Waals surface area contributed by atoms with Crippen molar-refractivity contribution < 1.29 is 9.53 Å². The Morgan fingerprint density at radius 3 is 2.74 bits per heavy atom. The van der Waals surface area contributed by atoms with Gasteiger partial charge in [-0.25, -0.2) is 4.98 Å². The van der Waals surface area contributed by atoms with E-state index in [9.17, 15) is 4.79 Å². The average Bonchev–Trinajstić information content (AvgIpc) is 2.40. The fourth-order valence-corrected chi connectivity index (χ4v) is 2.13. The number of amides is 1. The van der Waals surface area contributed by atoms with Gasteiger partial charge in [-0.3, -0.25) is 4.79 Å². The van der Waals surface area contributed by atoms with Gasteiger partial charge in [0, 0.05) is 0 Å². The van der Waals surface area contributed by atoms with Crippen LogP contribution in [0.1, 0.15) is 29.8 Å². The summed E-state index contributed by atoms with van der Waals surface area (Å²) in [6.45, 7) is 2.92. The number of nitrogens with one attached hydrogen (secondary N) is 1. The zero-order chi connectivity index (χ0) is 12.8. The first-order valence-electron chi connectivity index (χ1n) is 6.35. The molecule has 19 heavy (non-hydrogen) atoms. The molecular formula is C13H20ClN3O2. The van der Waals surface area contributed by atoms with Crippen LogP contribution in [0.4, 0.5) is 0 Å². The van der Waals surface area contributed by atoms with Crippen LogP contribution >= 0.6 is 12.4 Å². The number of ether oxygens (including phenoxy) is 1. The molecule has 0 radical (unpaired) electrons. The number of carbonyl (C=O) groups is 1. The molecule has 1 fully saturated rings. The number of halogens is 1. The van der Waals surface area contributed by atoms with Gasteiger partial charge in [0.15, 0.2) is 0 Å². The molecule has 0 spiro atoms. The lowest BCUT2D eigenvalue weighted by atomic mass is 9.95. The van der Waals surface area contributed by atoms with Crippen molar-refractivity contribution in [1.29, 1.82) is 0 Å².